The summed E-state index contributed by atoms with van der Waals surface area (Å²) >= 11 is 0. The molecule has 0 saturated carbocycles. The van der Waals surface area contributed by atoms with Crippen molar-refractivity contribution in [3.63, 3.8) is 0 Å². The second-order valence-electron chi connectivity index (χ2n) is 3.40. The van der Waals surface area contributed by atoms with E-state index in [1.807, 2.05) is 12.2 Å². The first kappa shape index (κ1) is 11.6. The smallest absolute Gasteiger partial charge is 0.153 e. The van der Waals surface area contributed by atoms with Gasteiger partial charge in [0.1, 0.15) is 0 Å². The molecule has 1 aromatic heterocycles. The number of hydrogen-bond acceptors (Lipinski definition) is 2. The van der Waals surface area contributed by atoms with Crippen molar-refractivity contribution >= 4 is 11.9 Å². The highest BCUT2D eigenvalue weighted by Gasteiger charge is 2.11. The Morgan fingerprint density at radius 3 is 2.73 bits per heavy atom. The van der Waals surface area contributed by atoms with Gasteiger partial charge in [0.05, 0.1) is 5.69 Å². The van der Waals surface area contributed by atoms with E-state index in [-0.39, 0.29) is 0 Å². The Kier molecular flexibility index (Phi) is 4.16. The van der Waals surface area contributed by atoms with Crippen LogP contribution in [0.1, 0.15) is 25.1 Å². The Hall–Kier alpha value is -1.51. The standard InChI is InChI=1S/C12H19N3/c1-5-8-9-11-10(6-2)12(14-13-11)15(4)7-3/h5,8-9H,1,6-7H2,2-4H3,(H,13,14)/b9-8-. The van der Waals surface area contributed by atoms with Gasteiger partial charge >= 0.3 is 0 Å². The maximum Gasteiger partial charge on any atom is 0.153 e. The minimum absolute atomic E-state index is 0.961. The first-order valence-electron chi connectivity index (χ1n) is 5.32. The monoisotopic (exact) mass is 205 g/mol. The van der Waals surface area contributed by atoms with Gasteiger partial charge in [-0.1, -0.05) is 25.7 Å². The molecule has 15 heavy (non-hydrogen) atoms. The molecule has 0 atom stereocenters. The quantitative estimate of drug-likeness (QED) is 0.749. The van der Waals surface area contributed by atoms with Crippen molar-refractivity contribution in [3.05, 3.63) is 30.0 Å². The van der Waals surface area contributed by atoms with Gasteiger partial charge in [-0.2, -0.15) is 5.10 Å². The van der Waals surface area contributed by atoms with Crippen molar-refractivity contribution < 1.29 is 0 Å². The maximum atomic E-state index is 4.33. The topological polar surface area (TPSA) is 31.9 Å². The third-order valence-electron chi connectivity index (χ3n) is 2.47. The molecule has 1 N–H and O–H groups in total. The molecule has 0 aliphatic heterocycles. The molecule has 0 aromatic carbocycles. The van der Waals surface area contributed by atoms with Crippen molar-refractivity contribution in [2.24, 2.45) is 0 Å². The van der Waals surface area contributed by atoms with Gasteiger partial charge in [-0.05, 0) is 19.4 Å². The van der Waals surface area contributed by atoms with E-state index in [1.165, 1.54) is 5.56 Å². The van der Waals surface area contributed by atoms with Crippen molar-refractivity contribution in [2.45, 2.75) is 20.3 Å². The van der Waals surface area contributed by atoms with Gasteiger partial charge in [-0.3, -0.25) is 5.10 Å². The summed E-state index contributed by atoms with van der Waals surface area (Å²) in [5.74, 6) is 1.05. The SMILES string of the molecule is C=C/C=C\c1[nH]nc(N(C)CC)c1CC. The third kappa shape index (κ3) is 2.49. The van der Waals surface area contributed by atoms with Crippen LogP contribution in [0.3, 0.4) is 0 Å². The molecule has 1 rings (SSSR count). The lowest BCUT2D eigenvalue weighted by Crippen LogP contribution is -2.17. The minimum Gasteiger partial charge on any atom is -0.358 e. The van der Waals surface area contributed by atoms with E-state index >= 15 is 0 Å². The fourth-order valence-corrected chi connectivity index (χ4v) is 1.48. The number of H-pyrrole nitrogens is 1. The number of aromatic amines is 1. The Bertz CT molecular complexity index is 350. The molecule has 1 aromatic rings. The molecule has 0 saturated heterocycles. The number of allylic oxidation sites excluding steroid dienone is 2. The van der Waals surface area contributed by atoms with Crippen LogP contribution in [0.2, 0.25) is 0 Å². The van der Waals surface area contributed by atoms with Gasteiger partial charge < -0.3 is 4.90 Å². The predicted octanol–water partition coefficient (Wildman–Crippen LogP) is 2.63. The molecule has 3 nitrogen and oxygen atoms in total. The summed E-state index contributed by atoms with van der Waals surface area (Å²) < 4.78 is 0. The van der Waals surface area contributed by atoms with Crippen LogP contribution in [-0.4, -0.2) is 23.8 Å². The van der Waals surface area contributed by atoms with E-state index < -0.39 is 0 Å². The van der Waals surface area contributed by atoms with Crippen molar-refractivity contribution in [3.8, 4) is 0 Å². The average Bonchev–Trinajstić information content (AvgIpc) is 2.67. The zero-order valence-corrected chi connectivity index (χ0v) is 9.75. The Balaban J connectivity index is 3.04. The van der Waals surface area contributed by atoms with E-state index in [0.29, 0.717) is 0 Å². The van der Waals surface area contributed by atoms with Gasteiger partial charge in [0, 0.05) is 19.2 Å². The molecule has 0 aliphatic rings. The number of nitrogens with zero attached hydrogens (tertiary/aromatic N) is 2. The molecule has 0 unspecified atom stereocenters. The zero-order chi connectivity index (χ0) is 11.3. The second kappa shape index (κ2) is 5.39. The fourth-order valence-electron chi connectivity index (χ4n) is 1.48. The number of nitrogens with one attached hydrogen (secondary N) is 1. The largest absolute Gasteiger partial charge is 0.358 e. The lowest BCUT2D eigenvalue weighted by atomic mass is 10.1. The van der Waals surface area contributed by atoms with Crippen LogP contribution in [0.4, 0.5) is 5.82 Å². The normalized spacial score (nSPS) is 10.9. The van der Waals surface area contributed by atoms with Gasteiger partial charge in [0.25, 0.3) is 0 Å². The van der Waals surface area contributed by atoms with Gasteiger partial charge in [-0.25, -0.2) is 0 Å². The molecule has 0 radical (unpaired) electrons. The Labute approximate surface area is 91.5 Å². The lowest BCUT2D eigenvalue weighted by molar-refractivity contribution is 0.912. The summed E-state index contributed by atoms with van der Waals surface area (Å²) in [6.45, 7) is 8.88. The number of anilines is 1. The molecule has 0 aliphatic carbocycles. The van der Waals surface area contributed by atoms with Gasteiger partial charge in [0.15, 0.2) is 5.82 Å². The molecule has 1 heterocycles. The molecule has 3 heteroatoms. The summed E-state index contributed by atoms with van der Waals surface area (Å²) in [6.07, 6.45) is 6.67. The van der Waals surface area contributed by atoms with Crippen LogP contribution in [0.5, 0.6) is 0 Å². The fraction of sp³-hybridized carbons (Fsp3) is 0.417. The van der Waals surface area contributed by atoms with E-state index in [2.05, 4.69) is 42.6 Å². The summed E-state index contributed by atoms with van der Waals surface area (Å²) in [6, 6.07) is 0. The Morgan fingerprint density at radius 2 is 2.20 bits per heavy atom. The van der Waals surface area contributed by atoms with Crippen LogP contribution < -0.4 is 4.90 Å². The van der Waals surface area contributed by atoms with E-state index in [0.717, 1.165) is 24.5 Å². The first-order chi connectivity index (χ1) is 7.24. The highest BCUT2D eigenvalue weighted by atomic mass is 15.3. The number of rotatable bonds is 5. The predicted molar refractivity (Wildman–Crippen MR) is 66.1 cm³/mol. The summed E-state index contributed by atoms with van der Waals surface area (Å²) in [4.78, 5) is 2.14. The third-order valence-corrected chi connectivity index (χ3v) is 2.47. The van der Waals surface area contributed by atoms with E-state index in [4.69, 9.17) is 0 Å². The minimum atomic E-state index is 0.961. The average molecular weight is 205 g/mol. The van der Waals surface area contributed by atoms with Crippen molar-refractivity contribution in [1.29, 1.82) is 0 Å². The van der Waals surface area contributed by atoms with Crippen LogP contribution in [0.15, 0.2) is 18.7 Å². The van der Waals surface area contributed by atoms with Crippen molar-refractivity contribution in [2.75, 3.05) is 18.5 Å². The van der Waals surface area contributed by atoms with Crippen LogP contribution in [0, 0.1) is 0 Å². The molecule has 0 amide bonds. The molecule has 0 spiro atoms. The highest BCUT2D eigenvalue weighted by molar-refractivity contribution is 5.60. The van der Waals surface area contributed by atoms with E-state index in [9.17, 15) is 0 Å². The molecule has 82 valence electrons. The molecular formula is C12H19N3. The summed E-state index contributed by atoms with van der Waals surface area (Å²) in [5.41, 5.74) is 2.34. The molecule has 0 fully saturated rings. The summed E-state index contributed by atoms with van der Waals surface area (Å²) in [5, 5.41) is 7.38. The lowest BCUT2D eigenvalue weighted by Gasteiger charge is -2.14. The first-order valence-corrected chi connectivity index (χ1v) is 5.32. The van der Waals surface area contributed by atoms with Gasteiger partial charge in [0.2, 0.25) is 0 Å². The second-order valence-corrected chi connectivity index (χ2v) is 3.40. The number of aromatic nitrogens is 2. The van der Waals surface area contributed by atoms with Crippen molar-refractivity contribution in [1.82, 2.24) is 10.2 Å². The highest BCUT2D eigenvalue weighted by Crippen LogP contribution is 2.21. The van der Waals surface area contributed by atoms with Crippen LogP contribution >= 0.6 is 0 Å². The number of hydrogen-bond donors (Lipinski definition) is 1. The van der Waals surface area contributed by atoms with E-state index in [1.54, 1.807) is 6.08 Å². The Morgan fingerprint density at radius 1 is 1.47 bits per heavy atom. The zero-order valence-electron chi connectivity index (χ0n) is 9.75. The van der Waals surface area contributed by atoms with Crippen LogP contribution in [0.25, 0.3) is 6.08 Å². The van der Waals surface area contributed by atoms with Gasteiger partial charge in [-0.15, -0.1) is 0 Å². The van der Waals surface area contributed by atoms with Crippen LogP contribution in [-0.2, 0) is 6.42 Å². The molecular weight excluding hydrogens is 186 g/mol. The molecule has 0 bridgehead atoms. The maximum absolute atomic E-state index is 4.33. The summed E-state index contributed by atoms with van der Waals surface area (Å²) in [7, 11) is 2.05.